The largest absolute Gasteiger partial charge is 0.277 e. The van der Waals surface area contributed by atoms with Gasteiger partial charge in [-0.2, -0.15) is 10.2 Å². The van der Waals surface area contributed by atoms with Gasteiger partial charge in [-0.1, -0.05) is 53.3 Å². The maximum absolute atomic E-state index is 4.61. The summed E-state index contributed by atoms with van der Waals surface area (Å²) in [4.78, 5) is 0. The molecule has 2 N–H and O–H groups in total. The zero-order valence-corrected chi connectivity index (χ0v) is 16.8. The molecule has 142 valence electrons. The molecule has 0 saturated carbocycles. The van der Waals surface area contributed by atoms with Crippen LogP contribution in [0.2, 0.25) is 0 Å². The van der Waals surface area contributed by atoms with Crippen molar-refractivity contribution in [1.29, 1.82) is 0 Å². The summed E-state index contributed by atoms with van der Waals surface area (Å²) in [5.41, 5.74) is 12.7. The monoisotopic (exact) mass is 390 g/mol. The Bertz CT molecular complexity index is 1070. The van der Waals surface area contributed by atoms with Crippen LogP contribution in [-0.4, -0.2) is 15.9 Å². The van der Waals surface area contributed by atoms with Gasteiger partial charge in [-0.3, -0.25) is 10.9 Å². The van der Waals surface area contributed by atoms with Gasteiger partial charge < -0.3 is 0 Å². The number of hydrazone groups is 1. The number of anilines is 2. The molecule has 0 spiro atoms. The molecule has 7 heteroatoms. The predicted molar refractivity (Wildman–Crippen MR) is 115 cm³/mol. The van der Waals surface area contributed by atoms with Crippen LogP contribution in [0, 0.1) is 13.8 Å². The molecule has 0 aliphatic heterocycles. The van der Waals surface area contributed by atoms with Gasteiger partial charge in [0.15, 0.2) is 4.67 Å². The van der Waals surface area contributed by atoms with Crippen LogP contribution < -0.4 is 15.5 Å². The normalized spacial score (nSPS) is 15.4. The molecule has 0 amide bonds. The molecule has 0 radical (unpaired) electrons. The first-order valence-electron chi connectivity index (χ1n) is 9.31. The summed E-state index contributed by atoms with van der Waals surface area (Å²) < 4.78 is 0.766. The Labute approximate surface area is 168 Å². The van der Waals surface area contributed by atoms with Crippen molar-refractivity contribution in [3.63, 3.8) is 0 Å². The lowest BCUT2D eigenvalue weighted by Crippen LogP contribution is -2.14. The highest BCUT2D eigenvalue weighted by atomic mass is 32.1. The Morgan fingerprint density at radius 3 is 2.57 bits per heavy atom. The minimum Gasteiger partial charge on any atom is -0.277 e. The molecule has 0 atom stereocenters. The molecular weight excluding hydrogens is 368 g/mol. The van der Waals surface area contributed by atoms with Gasteiger partial charge in [0.2, 0.25) is 5.13 Å². The fourth-order valence-electron chi connectivity index (χ4n) is 3.07. The van der Waals surface area contributed by atoms with Gasteiger partial charge in [0.05, 0.1) is 17.1 Å². The van der Waals surface area contributed by atoms with Crippen molar-refractivity contribution in [3.8, 4) is 0 Å². The Morgan fingerprint density at radius 2 is 1.71 bits per heavy atom. The van der Waals surface area contributed by atoms with E-state index in [9.17, 15) is 0 Å². The van der Waals surface area contributed by atoms with E-state index in [4.69, 9.17) is 0 Å². The molecule has 3 aromatic rings. The van der Waals surface area contributed by atoms with Crippen LogP contribution in [0.1, 0.15) is 35.2 Å². The summed E-state index contributed by atoms with van der Waals surface area (Å²) in [6.45, 7) is 3.95. The zero-order valence-electron chi connectivity index (χ0n) is 15.9. The molecule has 28 heavy (non-hydrogen) atoms. The van der Waals surface area contributed by atoms with E-state index < -0.39 is 0 Å². The van der Waals surface area contributed by atoms with Crippen LogP contribution in [0.3, 0.4) is 0 Å². The van der Waals surface area contributed by atoms with E-state index in [1.54, 1.807) is 0 Å². The molecule has 4 rings (SSSR count). The zero-order chi connectivity index (χ0) is 19.3. The van der Waals surface area contributed by atoms with E-state index in [-0.39, 0.29) is 0 Å². The van der Waals surface area contributed by atoms with Gasteiger partial charge in [-0.05, 0) is 50.8 Å². The summed E-state index contributed by atoms with van der Waals surface area (Å²) >= 11 is 1.42. The number of fused-ring (bicyclic) bond motifs is 1. The summed E-state index contributed by atoms with van der Waals surface area (Å²) in [5, 5.41) is 18.1. The highest BCUT2D eigenvalue weighted by molar-refractivity contribution is 7.12. The second-order valence-corrected chi connectivity index (χ2v) is 7.75. The molecule has 6 nitrogen and oxygen atoms in total. The second-order valence-electron chi connectivity index (χ2n) is 6.77. The van der Waals surface area contributed by atoms with Crippen LogP contribution >= 0.6 is 11.3 Å². The highest BCUT2D eigenvalue weighted by Gasteiger charge is 2.14. The lowest BCUT2D eigenvalue weighted by Gasteiger charge is -2.17. The average molecular weight is 391 g/mol. The third-order valence-corrected chi connectivity index (χ3v) is 5.55. The molecule has 1 aliphatic rings. The minimum absolute atomic E-state index is 0.616. The standard InChI is InChI=1S/C21H22N6S/c1-14-10-12-17(13-11-14)23-25-20-15(2)22-26-21(28-20)27-24-19-9-5-7-16-6-3-4-8-18(16)19/h3-4,6,8,10-13,23H,5,7,9H2,1-2H3,(H,26,27)/b24-19+,25-20-. The molecule has 1 heterocycles. The SMILES string of the molecule is Cc1ccc(N/N=c2\sc(N/N=C3\CCCc4ccccc43)nnc2C)cc1. The Hall–Kier alpha value is -3.06. The van der Waals surface area contributed by atoms with Crippen molar-refractivity contribution in [2.75, 3.05) is 10.9 Å². The van der Waals surface area contributed by atoms with E-state index in [0.29, 0.717) is 5.13 Å². The van der Waals surface area contributed by atoms with Gasteiger partial charge in [-0.15, -0.1) is 10.2 Å². The van der Waals surface area contributed by atoms with Crippen LogP contribution in [0.25, 0.3) is 0 Å². The van der Waals surface area contributed by atoms with Crippen LogP contribution in [-0.2, 0) is 6.42 Å². The van der Waals surface area contributed by atoms with Crippen molar-refractivity contribution >= 4 is 27.9 Å². The number of hydrogen-bond donors (Lipinski definition) is 2. The number of aromatic nitrogens is 2. The van der Waals surface area contributed by atoms with Crippen LogP contribution in [0.15, 0.2) is 58.7 Å². The van der Waals surface area contributed by atoms with Crippen molar-refractivity contribution in [2.24, 2.45) is 10.2 Å². The van der Waals surface area contributed by atoms with E-state index in [1.807, 2.05) is 31.2 Å². The molecule has 0 saturated heterocycles. The van der Waals surface area contributed by atoms with Crippen LogP contribution in [0.4, 0.5) is 10.8 Å². The first-order chi connectivity index (χ1) is 13.7. The Balaban J connectivity index is 1.54. The first kappa shape index (κ1) is 18.3. The fourth-order valence-corrected chi connectivity index (χ4v) is 3.71. The molecule has 0 unspecified atom stereocenters. The lowest BCUT2D eigenvalue weighted by molar-refractivity contribution is 0.836. The topological polar surface area (TPSA) is 74.6 Å². The lowest BCUT2D eigenvalue weighted by atomic mass is 9.90. The maximum Gasteiger partial charge on any atom is 0.226 e. The van der Waals surface area contributed by atoms with Gasteiger partial charge >= 0.3 is 0 Å². The molecule has 0 fully saturated rings. The minimum atomic E-state index is 0.616. The quantitative estimate of drug-likeness (QED) is 0.654. The smallest absolute Gasteiger partial charge is 0.226 e. The van der Waals surface area contributed by atoms with E-state index in [1.165, 1.54) is 28.0 Å². The van der Waals surface area contributed by atoms with Gasteiger partial charge in [0.25, 0.3) is 0 Å². The van der Waals surface area contributed by atoms with Crippen molar-refractivity contribution in [3.05, 3.63) is 75.6 Å². The number of benzene rings is 2. The summed E-state index contributed by atoms with van der Waals surface area (Å²) in [6.07, 6.45) is 3.18. The Kier molecular flexibility index (Phi) is 5.43. The van der Waals surface area contributed by atoms with E-state index in [2.05, 4.69) is 62.4 Å². The van der Waals surface area contributed by atoms with Gasteiger partial charge in [0, 0.05) is 5.56 Å². The molecule has 0 bridgehead atoms. The van der Waals surface area contributed by atoms with Gasteiger partial charge in [-0.25, -0.2) is 0 Å². The molecule has 1 aliphatic carbocycles. The highest BCUT2D eigenvalue weighted by Crippen LogP contribution is 2.21. The maximum atomic E-state index is 4.61. The summed E-state index contributed by atoms with van der Waals surface area (Å²) in [7, 11) is 0. The van der Waals surface area contributed by atoms with Crippen molar-refractivity contribution < 1.29 is 0 Å². The third kappa shape index (κ3) is 4.26. The third-order valence-electron chi connectivity index (χ3n) is 4.61. The fraction of sp³-hybridized carbons (Fsp3) is 0.238. The summed E-state index contributed by atoms with van der Waals surface area (Å²) in [6, 6.07) is 16.5. The molecular formula is C21H22N6S. The van der Waals surface area contributed by atoms with E-state index >= 15 is 0 Å². The van der Waals surface area contributed by atoms with Crippen LogP contribution in [0.5, 0.6) is 0 Å². The molecule has 1 aromatic heterocycles. The first-order valence-corrected chi connectivity index (χ1v) is 10.1. The number of hydrogen-bond acceptors (Lipinski definition) is 7. The van der Waals surface area contributed by atoms with E-state index in [0.717, 1.165) is 41.0 Å². The van der Waals surface area contributed by atoms with Crippen molar-refractivity contribution in [1.82, 2.24) is 10.2 Å². The summed E-state index contributed by atoms with van der Waals surface area (Å²) in [5.74, 6) is 0. The molecule has 2 aromatic carbocycles. The number of nitrogens with one attached hydrogen (secondary N) is 2. The number of rotatable bonds is 4. The van der Waals surface area contributed by atoms with Crippen molar-refractivity contribution in [2.45, 2.75) is 33.1 Å². The predicted octanol–water partition coefficient (Wildman–Crippen LogP) is 4.24. The van der Waals surface area contributed by atoms with Gasteiger partial charge in [0.1, 0.15) is 0 Å². The Morgan fingerprint density at radius 1 is 0.893 bits per heavy atom. The second kappa shape index (κ2) is 8.31. The number of aryl methyl sites for hydroxylation is 3. The average Bonchev–Trinajstić information content (AvgIpc) is 2.73. The number of nitrogens with zero attached hydrogens (tertiary/aromatic N) is 4.